The van der Waals surface area contributed by atoms with Gasteiger partial charge >= 0.3 is 12.4 Å². The third-order valence-electron chi connectivity index (χ3n) is 12.9. The second-order valence-electron chi connectivity index (χ2n) is 18.1. The van der Waals surface area contributed by atoms with Crippen LogP contribution in [0.25, 0.3) is 33.2 Å². The predicted octanol–water partition coefficient (Wildman–Crippen LogP) is 11.6. The van der Waals surface area contributed by atoms with Gasteiger partial charge in [0.25, 0.3) is 11.1 Å². The molecule has 2 heterocycles. The second-order valence-corrected chi connectivity index (χ2v) is 19.3. The second kappa shape index (κ2) is 26.3. The number of rotatable bonds is 18. The fourth-order valence-corrected chi connectivity index (χ4v) is 9.13. The highest BCUT2D eigenvalue weighted by atomic mass is 127. The van der Waals surface area contributed by atoms with Gasteiger partial charge in [-0.2, -0.15) is 31.6 Å². The molecule has 2 amide bonds. The van der Waals surface area contributed by atoms with Crippen molar-refractivity contribution in [1.82, 2.24) is 28.9 Å². The summed E-state index contributed by atoms with van der Waals surface area (Å²) in [5.41, 5.74) is 1.17. The van der Waals surface area contributed by atoms with Crippen molar-refractivity contribution in [2.45, 2.75) is 65.0 Å². The number of aromatic nitrogens is 4. The lowest BCUT2D eigenvalue weighted by Crippen LogP contribution is -2.40. The fourth-order valence-electron chi connectivity index (χ4n) is 8.77. The van der Waals surface area contributed by atoms with E-state index in [1.165, 1.54) is 38.3 Å². The van der Waals surface area contributed by atoms with Crippen LogP contribution < -0.4 is 11.1 Å². The Morgan fingerprint density at radius 3 is 1.30 bits per heavy atom. The van der Waals surface area contributed by atoms with E-state index >= 15 is 0 Å². The highest BCUT2D eigenvalue weighted by Gasteiger charge is 2.33. The van der Waals surface area contributed by atoms with Gasteiger partial charge in [-0.3, -0.25) is 28.3 Å². The van der Waals surface area contributed by atoms with E-state index in [1.807, 2.05) is 38.1 Å². The molecule has 0 aliphatic heterocycles. The zero-order valence-electron chi connectivity index (χ0n) is 43.4. The summed E-state index contributed by atoms with van der Waals surface area (Å²) in [6.45, 7) is 8.94. The molecule has 6 aromatic carbocycles. The molecule has 0 unspecified atom stereocenters. The molecule has 0 saturated heterocycles. The van der Waals surface area contributed by atoms with Crippen molar-refractivity contribution < 1.29 is 45.4 Å². The van der Waals surface area contributed by atoms with Crippen molar-refractivity contribution in [1.29, 1.82) is 5.26 Å². The molecule has 0 radical (unpaired) electrons. The molecular formula is C59H54F6IN7O6. The maximum atomic E-state index is 13.7. The van der Waals surface area contributed by atoms with Gasteiger partial charge in [-0.25, -0.2) is 9.97 Å². The minimum absolute atomic E-state index is 0.115. The van der Waals surface area contributed by atoms with Crippen LogP contribution in [-0.2, 0) is 44.3 Å². The Kier molecular flexibility index (Phi) is 19.6. The first-order valence-electron chi connectivity index (χ1n) is 25.1. The number of carbonyl (C=O) groups excluding carboxylic acids is 2. The summed E-state index contributed by atoms with van der Waals surface area (Å²) < 4.78 is 92.9. The summed E-state index contributed by atoms with van der Waals surface area (Å²) in [5, 5.41) is 10.0. The molecule has 0 aliphatic rings. The number of halogens is 7. The van der Waals surface area contributed by atoms with Gasteiger partial charge in [0.2, 0.25) is 11.8 Å². The summed E-state index contributed by atoms with van der Waals surface area (Å²) in [6, 6.07) is 37.5. The Hall–Kier alpha value is -7.74. The number of para-hydroxylation sites is 2. The zero-order chi connectivity index (χ0) is 57.0. The van der Waals surface area contributed by atoms with E-state index in [0.29, 0.717) is 74.7 Å². The van der Waals surface area contributed by atoms with Crippen LogP contribution in [0.1, 0.15) is 79.2 Å². The quantitative estimate of drug-likeness (QED) is 0.0464. The van der Waals surface area contributed by atoms with E-state index in [4.69, 9.17) is 19.4 Å². The van der Waals surface area contributed by atoms with Crippen LogP contribution in [0.3, 0.4) is 0 Å². The van der Waals surface area contributed by atoms with Gasteiger partial charge in [0.1, 0.15) is 11.6 Å². The standard InChI is InChI=1S/C30H27F3N4O3.C29H27F3IN3O3/c1-3-40-17-16-36(27(38)18-21-8-12-23(13-9-21)30(31,32)33)20(2)28-35-26-7-5-4-6-25(26)29(39)37(28)24-14-10-22(19-34)11-15-24;1-3-39-17-16-35(26(37)18-20-8-10-21(11-9-20)29(30,31)32)19(2)27-34-25-7-5-4-6-24(25)28(38)36(27)23-14-12-22(33)13-15-23/h4-15,20H,3,16-18H2,1-2H3;4-15,19H,3,16-18H2,1-2H3/t20-;19-/m11/s1. The smallest absolute Gasteiger partial charge is 0.380 e. The summed E-state index contributed by atoms with van der Waals surface area (Å²) >= 11 is 2.18. The molecule has 13 nitrogen and oxygen atoms in total. The van der Waals surface area contributed by atoms with Crippen molar-refractivity contribution in [3.8, 4) is 17.4 Å². The maximum Gasteiger partial charge on any atom is 0.416 e. The Balaban J connectivity index is 0.000000229. The van der Waals surface area contributed by atoms with Crippen molar-refractivity contribution in [2.24, 2.45) is 0 Å². The van der Waals surface area contributed by atoms with E-state index in [-0.39, 0.29) is 62.1 Å². The highest BCUT2D eigenvalue weighted by Crippen LogP contribution is 2.32. The minimum atomic E-state index is -4.47. The molecule has 79 heavy (non-hydrogen) atoms. The number of ether oxygens (including phenoxy) is 2. The van der Waals surface area contributed by atoms with Crippen LogP contribution in [0, 0.1) is 14.9 Å². The van der Waals surface area contributed by atoms with E-state index < -0.39 is 35.6 Å². The highest BCUT2D eigenvalue weighted by molar-refractivity contribution is 14.1. The number of alkyl halides is 6. The minimum Gasteiger partial charge on any atom is -0.380 e. The first-order valence-corrected chi connectivity index (χ1v) is 26.2. The van der Waals surface area contributed by atoms with E-state index in [9.17, 15) is 50.8 Å². The third-order valence-corrected chi connectivity index (χ3v) is 13.6. The van der Waals surface area contributed by atoms with Crippen molar-refractivity contribution in [3.05, 3.63) is 209 Å². The lowest BCUT2D eigenvalue weighted by Gasteiger charge is -2.30. The number of hydrogen-bond donors (Lipinski definition) is 0. The molecule has 0 saturated carbocycles. The largest absolute Gasteiger partial charge is 0.416 e. The molecule has 8 aromatic rings. The molecule has 8 rings (SSSR count). The number of benzene rings is 6. The molecule has 2 atom stereocenters. The Bertz CT molecular complexity index is 3570. The van der Waals surface area contributed by atoms with Crippen LogP contribution in [0.2, 0.25) is 0 Å². The molecule has 0 spiro atoms. The SMILES string of the molecule is CCOCCN(C(=O)Cc1ccc(C(F)(F)F)cc1)[C@H](C)c1nc2ccccc2c(=O)n1-c1ccc(C#N)cc1.CCOCCN(C(=O)Cc1ccc(C(F)(F)F)cc1)[C@H](C)c1nc2ccccc2c(=O)n1-c1ccc(I)cc1. The third kappa shape index (κ3) is 14.5. The normalized spacial score (nSPS) is 12.3. The molecular weight excluding hydrogens is 1140 g/mol. The first-order chi connectivity index (χ1) is 37.7. The Morgan fingerprint density at radius 2 is 0.949 bits per heavy atom. The number of hydrogen-bond acceptors (Lipinski definition) is 9. The zero-order valence-corrected chi connectivity index (χ0v) is 45.6. The maximum absolute atomic E-state index is 13.7. The van der Waals surface area contributed by atoms with Crippen LogP contribution >= 0.6 is 22.6 Å². The summed E-state index contributed by atoms with van der Waals surface area (Å²) in [4.78, 5) is 67.2. The number of carbonyl (C=O) groups is 2. The predicted molar refractivity (Wildman–Crippen MR) is 296 cm³/mol. The molecule has 0 N–H and O–H groups in total. The van der Waals surface area contributed by atoms with E-state index in [0.717, 1.165) is 27.8 Å². The van der Waals surface area contributed by atoms with E-state index in [2.05, 4.69) is 28.7 Å². The van der Waals surface area contributed by atoms with Crippen LogP contribution in [0.5, 0.6) is 0 Å². The van der Waals surface area contributed by atoms with Crippen molar-refractivity contribution in [2.75, 3.05) is 39.5 Å². The topological polar surface area (TPSA) is 153 Å². The van der Waals surface area contributed by atoms with Gasteiger partial charge in [-0.15, -0.1) is 0 Å². The van der Waals surface area contributed by atoms with Gasteiger partial charge < -0.3 is 19.3 Å². The lowest BCUT2D eigenvalue weighted by molar-refractivity contribution is -0.138. The molecule has 0 bridgehead atoms. The molecule has 0 aliphatic carbocycles. The number of nitriles is 1. The van der Waals surface area contributed by atoms with Gasteiger partial charge in [0.05, 0.1) is 94.1 Å². The van der Waals surface area contributed by atoms with Crippen LogP contribution in [0.4, 0.5) is 26.3 Å². The van der Waals surface area contributed by atoms with Crippen LogP contribution in [0.15, 0.2) is 155 Å². The monoisotopic (exact) mass is 1200 g/mol. The molecule has 20 heteroatoms. The van der Waals surface area contributed by atoms with Gasteiger partial charge in [0, 0.05) is 29.9 Å². The molecule has 410 valence electrons. The van der Waals surface area contributed by atoms with Crippen LogP contribution in [-0.4, -0.2) is 80.2 Å². The Morgan fingerprint density at radius 1 is 0.582 bits per heavy atom. The van der Waals surface area contributed by atoms with Crippen molar-refractivity contribution >= 4 is 56.2 Å². The summed E-state index contributed by atoms with van der Waals surface area (Å²) in [5.74, 6) is -0.0119. The fraction of sp³-hybridized carbons (Fsp3) is 0.271. The average Bonchev–Trinajstić information content (AvgIpc) is 3.57. The molecule has 0 fully saturated rings. The van der Waals surface area contributed by atoms with E-state index in [1.54, 1.807) is 91.5 Å². The molecule has 2 aromatic heterocycles. The van der Waals surface area contributed by atoms with Gasteiger partial charge in [-0.1, -0.05) is 48.5 Å². The summed E-state index contributed by atoms with van der Waals surface area (Å²) in [7, 11) is 0. The number of amides is 2. The summed E-state index contributed by atoms with van der Waals surface area (Å²) in [6.07, 6.45) is -9.20. The lowest BCUT2D eigenvalue weighted by atomic mass is 10.1. The number of nitrogens with zero attached hydrogens (tertiary/aromatic N) is 7. The van der Waals surface area contributed by atoms with Crippen molar-refractivity contribution in [3.63, 3.8) is 0 Å². The van der Waals surface area contributed by atoms with Gasteiger partial charge in [0.15, 0.2) is 0 Å². The Labute approximate surface area is 464 Å². The first kappa shape index (κ1) is 58.9. The van der Waals surface area contributed by atoms with Gasteiger partial charge in [-0.05, 0) is 158 Å². The average molecular weight is 1200 g/mol. The number of fused-ring (bicyclic) bond motifs is 2.